The minimum absolute atomic E-state index is 0.251. The third-order valence-electron chi connectivity index (χ3n) is 6.67. The summed E-state index contributed by atoms with van der Waals surface area (Å²) in [6.07, 6.45) is -0.224. The van der Waals surface area contributed by atoms with Gasteiger partial charge in [-0.2, -0.15) is 0 Å². The Kier molecular flexibility index (Phi) is 5.77. The van der Waals surface area contributed by atoms with Gasteiger partial charge in [-0.25, -0.2) is 4.79 Å². The van der Waals surface area contributed by atoms with E-state index in [2.05, 4.69) is 5.32 Å². The number of carboxylic acid groups (broad SMARTS) is 1. The minimum Gasteiger partial charge on any atom is -0.465 e. The lowest BCUT2D eigenvalue weighted by Crippen LogP contribution is -2.49. The number of nitrogens with zero attached hydrogens (tertiary/aromatic N) is 1. The molecular formula is C24H29BN2O5. The summed E-state index contributed by atoms with van der Waals surface area (Å²) in [5.41, 5.74) is 2.80. The van der Waals surface area contributed by atoms with Crippen LogP contribution in [0.4, 0.5) is 10.5 Å². The zero-order chi connectivity index (χ0) is 23.1. The third kappa shape index (κ3) is 4.25. The maximum absolute atomic E-state index is 13.3. The quantitative estimate of drug-likeness (QED) is 0.704. The van der Waals surface area contributed by atoms with Crippen LogP contribution >= 0.6 is 0 Å². The van der Waals surface area contributed by atoms with Gasteiger partial charge in [-0.3, -0.25) is 4.79 Å². The van der Waals surface area contributed by atoms with E-state index in [4.69, 9.17) is 9.31 Å². The topological polar surface area (TPSA) is 88.1 Å². The van der Waals surface area contributed by atoms with Crippen LogP contribution in [0.1, 0.15) is 38.8 Å². The van der Waals surface area contributed by atoms with Gasteiger partial charge in [0.15, 0.2) is 0 Å². The molecule has 0 unspecified atom stereocenters. The van der Waals surface area contributed by atoms with Crippen molar-refractivity contribution in [1.82, 2.24) is 5.32 Å². The van der Waals surface area contributed by atoms with E-state index in [1.54, 1.807) is 4.90 Å². The Morgan fingerprint density at radius 3 is 2.38 bits per heavy atom. The fourth-order valence-electron chi connectivity index (χ4n) is 4.16. The first kappa shape index (κ1) is 22.4. The van der Waals surface area contributed by atoms with Crippen molar-refractivity contribution in [2.24, 2.45) is 0 Å². The first-order chi connectivity index (χ1) is 15.1. The zero-order valence-electron chi connectivity index (χ0n) is 18.9. The van der Waals surface area contributed by atoms with Gasteiger partial charge in [0.1, 0.15) is 6.04 Å². The van der Waals surface area contributed by atoms with E-state index in [-0.39, 0.29) is 5.91 Å². The fourth-order valence-corrected chi connectivity index (χ4v) is 4.16. The summed E-state index contributed by atoms with van der Waals surface area (Å²) in [6, 6.07) is 14.4. The van der Waals surface area contributed by atoms with Gasteiger partial charge in [0.25, 0.3) is 0 Å². The van der Waals surface area contributed by atoms with Crippen molar-refractivity contribution < 1.29 is 24.0 Å². The van der Waals surface area contributed by atoms with Gasteiger partial charge in [-0.05, 0) is 56.8 Å². The first-order valence-corrected chi connectivity index (χ1v) is 10.9. The summed E-state index contributed by atoms with van der Waals surface area (Å²) in [5, 5.41) is 11.7. The van der Waals surface area contributed by atoms with Gasteiger partial charge in [-0.15, -0.1) is 0 Å². The van der Waals surface area contributed by atoms with Crippen LogP contribution in [0.2, 0.25) is 0 Å². The van der Waals surface area contributed by atoms with E-state index in [0.717, 1.165) is 22.3 Å². The lowest BCUT2D eigenvalue weighted by Gasteiger charge is -2.32. The van der Waals surface area contributed by atoms with Gasteiger partial charge < -0.3 is 24.6 Å². The summed E-state index contributed by atoms with van der Waals surface area (Å²) in [7, 11) is -0.463. The molecule has 2 aliphatic heterocycles. The van der Waals surface area contributed by atoms with E-state index < -0.39 is 30.5 Å². The summed E-state index contributed by atoms with van der Waals surface area (Å²) < 4.78 is 12.3. The van der Waals surface area contributed by atoms with Gasteiger partial charge in [-0.1, -0.05) is 42.5 Å². The molecule has 2 N–H and O–H groups in total. The average molecular weight is 436 g/mol. The van der Waals surface area contributed by atoms with Crippen LogP contribution in [0.5, 0.6) is 0 Å². The standard InChI is InChI=1S/C24H29BN2O5/c1-23(2)24(3,4)32-25(31-23)18-10-11-20-17(15-18)12-13-27(20)21(28)19(26-22(29)30)14-16-8-6-5-7-9-16/h5-11,15,19,26H,12-14H2,1-4H3,(H,29,30)/t19-/m1/s1. The highest BCUT2D eigenvalue weighted by Crippen LogP contribution is 2.37. The molecule has 32 heavy (non-hydrogen) atoms. The number of hydrogen-bond donors (Lipinski definition) is 2. The predicted octanol–water partition coefficient (Wildman–Crippen LogP) is 2.75. The van der Waals surface area contributed by atoms with E-state index >= 15 is 0 Å². The number of hydrogen-bond acceptors (Lipinski definition) is 4. The Morgan fingerprint density at radius 1 is 1.09 bits per heavy atom. The molecule has 8 heteroatoms. The van der Waals surface area contributed by atoms with Crippen molar-refractivity contribution in [3.8, 4) is 0 Å². The second kappa shape index (κ2) is 8.26. The lowest BCUT2D eigenvalue weighted by molar-refractivity contribution is -0.120. The Bertz CT molecular complexity index is 1010. The molecule has 0 saturated carbocycles. The highest BCUT2D eigenvalue weighted by atomic mass is 16.7. The second-order valence-corrected chi connectivity index (χ2v) is 9.41. The molecule has 0 radical (unpaired) electrons. The van der Waals surface area contributed by atoms with Crippen LogP contribution in [0.3, 0.4) is 0 Å². The second-order valence-electron chi connectivity index (χ2n) is 9.41. The average Bonchev–Trinajstić information content (AvgIpc) is 3.24. The number of rotatable bonds is 5. The maximum Gasteiger partial charge on any atom is 0.494 e. The smallest absolute Gasteiger partial charge is 0.465 e. The largest absolute Gasteiger partial charge is 0.494 e. The van der Waals surface area contributed by atoms with Crippen LogP contribution in [0.25, 0.3) is 0 Å². The maximum atomic E-state index is 13.3. The molecule has 2 heterocycles. The number of carbonyl (C=O) groups is 2. The Balaban J connectivity index is 1.54. The molecular weight excluding hydrogens is 407 g/mol. The Hall–Kier alpha value is -2.84. The first-order valence-electron chi connectivity index (χ1n) is 10.9. The van der Waals surface area contributed by atoms with Crippen LogP contribution in [-0.2, 0) is 26.9 Å². The van der Waals surface area contributed by atoms with Crippen molar-refractivity contribution in [2.75, 3.05) is 11.4 Å². The zero-order valence-corrected chi connectivity index (χ0v) is 18.9. The normalized spacial score (nSPS) is 19.5. The molecule has 0 spiro atoms. The van der Waals surface area contributed by atoms with Crippen molar-refractivity contribution in [1.29, 1.82) is 0 Å². The van der Waals surface area contributed by atoms with Gasteiger partial charge in [0.2, 0.25) is 5.91 Å². The van der Waals surface area contributed by atoms with Crippen molar-refractivity contribution in [3.63, 3.8) is 0 Å². The minimum atomic E-state index is -1.21. The molecule has 2 aromatic rings. The molecule has 0 bridgehead atoms. The number of fused-ring (bicyclic) bond motifs is 1. The van der Waals surface area contributed by atoms with Crippen LogP contribution in [0, 0.1) is 0 Å². The fraction of sp³-hybridized carbons (Fsp3) is 0.417. The molecule has 2 amide bonds. The van der Waals surface area contributed by atoms with Crippen molar-refractivity contribution >= 4 is 30.3 Å². The van der Waals surface area contributed by atoms with Crippen LogP contribution in [-0.4, -0.2) is 48.0 Å². The molecule has 2 aliphatic rings. The lowest BCUT2D eigenvalue weighted by atomic mass is 9.78. The molecule has 1 atom stereocenters. The van der Waals surface area contributed by atoms with E-state index in [1.165, 1.54) is 0 Å². The molecule has 4 rings (SSSR count). The van der Waals surface area contributed by atoms with Gasteiger partial charge >= 0.3 is 13.2 Å². The van der Waals surface area contributed by atoms with Crippen LogP contribution < -0.4 is 15.7 Å². The number of carbonyl (C=O) groups excluding carboxylic acids is 1. The van der Waals surface area contributed by atoms with Crippen molar-refractivity contribution in [2.45, 2.75) is 57.8 Å². The molecule has 2 aromatic carbocycles. The Labute approximate surface area is 188 Å². The Morgan fingerprint density at radius 2 is 1.75 bits per heavy atom. The van der Waals surface area contributed by atoms with Crippen LogP contribution in [0.15, 0.2) is 48.5 Å². The summed E-state index contributed by atoms with van der Waals surface area (Å²) in [6.45, 7) is 8.58. The summed E-state index contributed by atoms with van der Waals surface area (Å²) in [4.78, 5) is 26.3. The summed E-state index contributed by atoms with van der Waals surface area (Å²) in [5.74, 6) is -0.251. The number of amides is 2. The molecule has 0 aliphatic carbocycles. The molecule has 7 nitrogen and oxygen atoms in total. The highest BCUT2D eigenvalue weighted by molar-refractivity contribution is 6.62. The molecule has 168 valence electrons. The van der Waals surface area contributed by atoms with Gasteiger partial charge in [0, 0.05) is 18.7 Å². The van der Waals surface area contributed by atoms with E-state index in [0.29, 0.717) is 19.4 Å². The van der Waals surface area contributed by atoms with E-state index in [1.807, 2.05) is 76.2 Å². The monoisotopic (exact) mass is 436 g/mol. The number of benzene rings is 2. The molecule has 1 saturated heterocycles. The number of anilines is 1. The molecule has 1 fully saturated rings. The van der Waals surface area contributed by atoms with Crippen molar-refractivity contribution in [3.05, 3.63) is 59.7 Å². The third-order valence-corrected chi connectivity index (χ3v) is 6.67. The highest BCUT2D eigenvalue weighted by Gasteiger charge is 2.51. The SMILES string of the molecule is CC1(C)OB(c2ccc3c(c2)CCN3C(=O)[C@@H](Cc2ccccc2)NC(=O)O)OC1(C)C. The number of nitrogens with one attached hydrogen (secondary N) is 1. The molecule has 0 aromatic heterocycles. The summed E-state index contributed by atoms with van der Waals surface area (Å²) >= 11 is 0. The van der Waals surface area contributed by atoms with Gasteiger partial charge in [0.05, 0.1) is 11.2 Å². The van der Waals surface area contributed by atoms with E-state index in [9.17, 15) is 14.7 Å². The predicted molar refractivity (Wildman–Crippen MR) is 123 cm³/mol.